The van der Waals surface area contributed by atoms with Crippen molar-refractivity contribution in [2.24, 2.45) is 0 Å². The van der Waals surface area contributed by atoms with Gasteiger partial charge in [0, 0.05) is 11.1 Å². The van der Waals surface area contributed by atoms with Gasteiger partial charge in [0.25, 0.3) is 0 Å². The Balaban J connectivity index is 1.78. The number of hydrogen-bond donors (Lipinski definition) is 1. The standard InChI is InChI=1S/C18H18O4/c19-17(13-4-1-7-15-12(13)6-3-9-20-15)14-5-2-8-16-18(14)22-11-10-21-16/h1-2,4-5,7-8,17,19H,3,6,9-11H2. The molecule has 0 spiro atoms. The van der Waals surface area contributed by atoms with E-state index in [4.69, 9.17) is 14.2 Å². The van der Waals surface area contributed by atoms with Crippen LogP contribution < -0.4 is 14.2 Å². The van der Waals surface area contributed by atoms with Crippen molar-refractivity contribution in [1.82, 2.24) is 0 Å². The maximum atomic E-state index is 10.9. The fraction of sp³-hybridized carbons (Fsp3) is 0.333. The van der Waals surface area contributed by atoms with Gasteiger partial charge in [0.2, 0.25) is 0 Å². The molecule has 0 aromatic heterocycles. The molecule has 2 aromatic carbocycles. The van der Waals surface area contributed by atoms with Crippen LogP contribution in [0.4, 0.5) is 0 Å². The zero-order chi connectivity index (χ0) is 14.9. The molecule has 0 aliphatic carbocycles. The van der Waals surface area contributed by atoms with Crippen LogP contribution in [0.25, 0.3) is 0 Å². The lowest BCUT2D eigenvalue weighted by Crippen LogP contribution is -2.18. The van der Waals surface area contributed by atoms with Crippen molar-refractivity contribution >= 4 is 0 Å². The highest BCUT2D eigenvalue weighted by atomic mass is 16.6. The van der Waals surface area contributed by atoms with E-state index in [1.807, 2.05) is 36.4 Å². The third-order valence-electron chi connectivity index (χ3n) is 4.18. The van der Waals surface area contributed by atoms with Crippen molar-refractivity contribution in [3.8, 4) is 17.2 Å². The molecule has 0 fully saturated rings. The monoisotopic (exact) mass is 298 g/mol. The fourth-order valence-electron chi connectivity index (χ4n) is 3.15. The minimum atomic E-state index is -0.742. The molecule has 2 aliphatic heterocycles. The largest absolute Gasteiger partial charge is 0.493 e. The average Bonchev–Trinajstić information content (AvgIpc) is 2.60. The summed E-state index contributed by atoms with van der Waals surface area (Å²) in [6, 6.07) is 11.5. The Kier molecular flexibility index (Phi) is 3.39. The molecule has 0 radical (unpaired) electrons. The molecule has 2 aromatic rings. The quantitative estimate of drug-likeness (QED) is 0.926. The molecule has 0 saturated heterocycles. The molecule has 2 heterocycles. The molecular weight excluding hydrogens is 280 g/mol. The zero-order valence-electron chi connectivity index (χ0n) is 12.2. The number of fused-ring (bicyclic) bond motifs is 2. The Morgan fingerprint density at radius 1 is 0.818 bits per heavy atom. The lowest BCUT2D eigenvalue weighted by Gasteiger charge is -2.26. The van der Waals surface area contributed by atoms with Crippen molar-refractivity contribution in [2.45, 2.75) is 18.9 Å². The van der Waals surface area contributed by atoms with Gasteiger partial charge in [-0.1, -0.05) is 24.3 Å². The highest BCUT2D eigenvalue weighted by Gasteiger charge is 2.25. The summed E-state index contributed by atoms with van der Waals surface area (Å²) in [5.41, 5.74) is 2.73. The number of hydrogen-bond acceptors (Lipinski definition) is 4. The summed E-state index contributed by atoms with van der Waals surface area (Å²) < 4.78 is 17.0. The van der Waals surface area contributed by atoms with Crippen LogP contribution in [0.15, 0.2) is 36.4 Å². The van der Waals surface area contributed by atoms with Gasteiger partial charge >= 0.3 is 0 Å². The van der Waals surface area contributed by atoms with Crippen molar-refractivity contribution < 1.29 is 19.3 Å². The highest BCUT2D eigenvalue weighted by Crippen LogP contribution is 2.41. The van der Waals surface area contributed by atoms with Gasteiger partial charge in [-0.25, -0.2) is 0 Å². The first kappa shape index (κ1) is 13.5. The van der Waals surface area contributed by atoms with Crippen molar-refractivity contribution in [2.75, 3.05) is 19.8 Å². The van der Waals surface area contributed by atoms with Gasteiger partial charge in [0.15, 0.2) is 11.5 Å². The highest BCUT2D eigenvalue weighted by molar-refractivity contribution is 5.53. The topological polar surface area (TPSA) is 47.9 Å². The van der Waals surface area contributed by atoms with Crippen LogP contribution in [0.1, 0.15) is 29.2 Å². The first-order valence-corrected chi connectivity index (χ1v) is 7.66. The van der Waals surface area contributed by atoms with Crippen molar-refractivity contribution in [1.29, 1.82) is 0 Å². The number of para-hydroxylation sites is 1. The minimum absolute atomic E-state index is 0.507. The SMILES string of the molecule is OC(c1cccc2c1CCCO2)c1cccc2c1OCCO2. The molecule has 0 bridgehead atoms. The fourth-order valence-corrected chi connectivity index (χ4v) is 3.15. The minimum Gasteiger partial charge on any atom is -0.493 e. The van der Waals surface area contributed by atoms with E-state index < -0.39 is 6.10 Å². The second-order valence-electron chi connectivity index (χ2n) is 5.55. The van der Waals surface area contributed by atoms with Gasteiger partial charge in [-0.05, 0) is 30.5 Å². The van der Waals surface area contributed by atoms with Crippen LogP contribution in [0.5, 0.6) is 17.2 Å². The van der Waals surface area contributed by atoms with Crippen LogP contribution in [0.2, 0.25) is 0 Å². The van der Waals surface area contributed by atoms with Gasteiger partial charge in [-0.3, -0.25) is 0 Å². The number of ether oxygens (including phenoxy) is 3. The lowest BCUT2D eigenvalue weighted by molar-refractivity contribution is 0.158. The second-order valence-corrected chi connectivity index (χ2v) is 5.55. The molecule has 1 N–H and O–H groups in total. The summed E-state index contributed by atoms with van der Waals surface area (Å²) in [6.45, 7) is 1.79. The smallest absolute Gasteiger partial charge is 0.167 e. The van der Waals surface area contributed by atoms with Gasteiger partial charge in [-0.15, -0.1) is 0 Å². The van der Waals surface area contributed by atoms with E-state index in [-0.39, 0.29) is 0 Å². The third-order valence-corrected chi connectivity index (χ3v) is 4.18. The van der Waals surface area contributed by atoms with E-state index in [9.17, 15) is 5.11 Å². The Morgan fingerprint density at radius 2 is 1.55 bits per heavy atom. The molecular formula is C18H18O4. The summed E-state index contributed by atoms with van der Waals surface area (Å²) in [5, 5.41) is 10.9. The van der Waals surface area contributed by atoms with Crippen LogP contribution >= 0.6 is 0 Å². The predicted octanol–water partition coefficient (Wildman–Crippen LogP) is 2.86. The molecule has 4 heteroatoms. The summed E-state index contributed by atoms with van der Waals surface area (Å²) in [5.74, 6) is 2.23. The van der Waals surface area contributed by atoms with Crippen LogP contribution in [0, 0.1) is 0 Å². The molecule has 0 amide bonds. The van der Waals surface area contributed by atoms with Crippen LogP contribution in [-0.2, 0) is 6.42 Å². The number of benzene rings is 2. The van der Waals surface area contributed by atoms with E-state index in [0.29, 0.717) is 24.7 Å². The average molecular weight is 298 g/mol. The van der Waals surface area contributed by atoms with Crippen molar-refractivity contribution in [3.63, 3.8) is 0 Å². The van der Waals surface area contributed by atoms with Gasteiger partial charge in [-0.2, -0.15) is 0 Å². The van der Waals surface area contributed by atoms with Crippen LogP contribution in [-0.4, -0.2) is 24.9 Å². The second kappa shape index (κ2) is 5.54. The predicted molar refractivity (Wildman–Crippen MR) is 81.8 cm³/mol. The number of rotatable bonds is 2. The maximum Gasteiger partial charge on any atom is 0.167 e. The summed E-state index contributed by atoms with van der Waals surface area (Å²) in [4.78, 5) is 0. The van der Waals surface area contributed by atoms with Gasteiger partial charge in [0.1, 0.15) is 25.1 Å². The van der Waals surface area contributed by atoms with Crippen LogP contribution in [0.3, 0.4) is 0 Å². The van der Waals surface area contributed by atoms with E-state index in [0.717, 1.165) is 41.9 Å². The Bertz CT molecular complexity index is 636. The molecule has 22 heavy (non-hydrogen) atoms. The first-order valence-electron chi connectivity index (χ1n) is 7.66. The van der Waals surface area contributed by atoms with Gasteiger partial charge < -0.3 is 19.3 Å². The number of aliphatic hydroxyl groups is 1. The third kappa shape index (κ3) is 2.20. The maximum absolute atomic E-state index is 10.9. The van der Waals surface area contributed by atoms with E-state index in [1.54, 1.807) is 0 Å². The van der Waals surface area contributed by atoms with Crippen molar-refractivity contribution in [3.05, 3.63) is 53.1 Å². The molecule has 2 aliphatic rings. The summed E-state index contributed by atoms with van der Waals surface area (Å²) in [7, 11) is 0. The summed E-state index contributed by atoms with van der Waals surface area (Å²) >= 11 is 0. The lowest BCUT2D eigenvalue weighted by atomic mass is 9.92. The first-order chi connectivity index (χ1) is 10.8. The molecule has 4 rings (SSSR count). The zero-order valence-corrected chi connectivity index (χ0v) is 12.2. The van der Waals surface area contributed by atoms with Gasteiger partial charge in [0.05, 0.1) is 6.61 Å². The van der Waals surface area contributed by atoms with E-state index in [2.05, 4.69) is 0 Å². The van der Waals surface area contributed by atoms with E-state index in [1.165, 1.54) is 0 Å². The summed E-state index contributed by atoms with van der Waals surface area (Å²) in [6.07, 6.45) is 1.16. The normalized spacial score (nSPS) is 17.3. The molecule has 1 unspecified atom stereocenters. The molecule has 4 nitrogen and oxygen atoms in total. The Labute approximate surface area is 129 Å². The molecule has 114 valence electrons. The number of aliphatic hydroxyl groups excluding tert-OH is 1. The molecule has 0 saturated carbocycles. The Morgan fingerprint density at radius 3 is 2.45 bits per heavy atom. The van der Waals surface area contributed by atoms with E-state index >= 15 is 0 Å². The molecule has 1 atom stereocenters. The Hall–Kier alpha value is -2.20.